The van der Waals surface area contributed by atoms with Crippen LogP contribution in [0.25, 0.3) is 0 Å². The molecule has 1 fully saturated rings. The van der Waals surface area contributed by atoms with E-state index in [9.17, 15) is 13.2 Å². The predicted octanol–water partition coefficient (Wildman–Crippen LogP) is -0.322. The van der Waals surface area contributed by atoms with Gasteiger partial charge in [0, 0.05) is 12.1 Å². The minimum atomic E-state index is -2.81. The van der Waals surface area contributed by atoms with Crippen molar-refractivity contribution in [2.24, 2.45) is 0 Å². The molecular formula is C10H20N2O3S. The molecule has 1 rings (SSSR count). The molecule has 1 amide bonds. The molecule has 0 spiro atoms. The van der Waals surface area contributed by atoms with Crippen molar-refractivity contribution in [2.45, 2.75) is 38.8 Å². The van der Waals surface area contributed by atoms with Crippen molar-refractivity contribution in [3.8, 4) is 0 Å². The summed E-state index contributed by atoms with van der Waals surface area (Å²) in [5.41, 5.74) is 0. The fourth-order valence-electron chi connectivity index (χ4n) is 1.70. The lowest BCUT2D eigenvalue weighted by atomic mass is 10.1. The Kier molecular flexibility index (Phi) is 4.73. The van der Waals surface area contributed by atoms with Gasteiger partial charge in [-0.3, -0.25) is 4.79 Å². The molecule has 6 heteroatoms. The van der Waals surface area contributed by atoms with E-state index in [1.165, 1.54) is 0 Å². The number of rotatable bonds is 4. The first-order valence-corrected chi connectivity index (χ1v) is 7.44. The standard InChI is InChI=1S/C10H20N2O3S/c1-8(2)12-10(13)7-11-9-3-5-16(14,15)6-4-9/h8-9,11H,3-7H2,1-2H3,(H,12,13). The van der Waals surface area contributed by atoms with Gasteiger partial charge in [-0.1, -0.05) is 0 Å². The van der Waals surface area contributed by atoms with Crippen molar-refractivity contribution in [2.75, 3.05) is 18.1 Å². The summed E-state index contributed by atoms with van der Waals surface area (Å²) in [6, 6.07) is 0.294. The third kappa shape index (κ3) is 4.94. The van der Waals surface area contributed by atoms with Gasteiger partial charge in [0.15, 0.2) is 0 Å². The van der Waals surface area contributed by atoms with E-state index in [4.69, 9.17) is 0 Å². The molecule has 0 radical (unpaired) electrons. The summed E-state index contributed by atoms with van der Waals surface area (Å²) in [5, 5.41) is 5.87. The van der Waals surface area contributed by atoms with Crippen LogP contribution in [0.5, 0.6) is 0 Å². The molecule has 0 bridgehead atoms. The normalized spacial score (nSPS) is 20.9. The Morgan fingerprint density at radius 3 is 2.38 bits per heavy atom. The van der Waals surface area contributed by atoms with E-state index in [0.29, 0.717) is 12.8 Å². The fraction of sp³-hybridized carbons (Fsp3) is 0.900. The van der Waals surface area contributed by atoms with Gasteiger partial charge in [0.05, 0.1) is 18.1 Å². The Labute approximate surface area is 96.9 Å². The van der Waals surface area contributed by atoms with E-state index in [2.05, 4.69) is 10.6 Å². The number of hydrogen-bond acceptors (Lipinski definition) is 4. The highest BCUT2D eigenvalue weighted by Gasteiger charge is 2.23. The molecule has 0 saturated carbocycles. The lowest BCUT2D eigenvalue weighted by molar-refractivity contribution is -0.120. The lowest BCUT2D eigenvalue weighted by Crippen LogP contribution is -2.44. The van der Waals surface area contributed by atoms with Crippen LogP contribution in [-0.2, 0) is 14.6 Å². The third-order valence-corrected chi connectivity index (χ3v) is 4.27. The van der Waals surface area contributed by atoms with Gasteiger partial charge < -0.3 is 10.6 Å². The highest BCUT2D eigenvalue weighted by atomic mass is 32.2. The van der Waals surface area contributed by atoms with Gasteiger partial charge >= 0.3 is 0 Å². The second-order valence-electron chi connectivity index (χ2n) is 4.53. The first kappa shape index (κ1) is 13.4. The number of sulfone groups is 1. The quantitative estimate of drug-likeness (QED) is 0.715. The Hall–Kier alpha value is -0.620. The summed E-state index contributed by atoms with van der Waals surface area (Å²) in [5.74, 6) is 0.427. The predicted molar refractivity (Wildman–Crippen MR) is 63.0 cm³/mol. The van der Waals surface area contributed by atoms with Crippen LogP contribution in [0.15, 0.2) is 0 Å². The average molecular weight is 248 g/mol. The van der Waals surface area contributed by atoms with Gasteiger partial charge in [-0.2, -0.15) is 0 Å². The Morgan fingerprint density at radius 2 is 1.88 bits per heavy atom. The minimum Gasteiger partial charge on any atom is -0.353 e. The molecule has 94 valence electrons. The highest BCUT2D eigenvalue weighted by Crippen LogP contribution is 2.11. The second-order valence-corrected chi connectivity index (χ2v) is 6.83. The topological polar surface area (TPSA) is 75.3 Å². The maximum atomic E-state index is 11.3. The molecule has 0 aromatic carbocycles. The summed E-state index contributed by atoms with van der Waals surface area (Å²) < 4.78 is 22.3. The first-order valence-electron chi connectivity index (χ1n) is 5.62. The van der Waals surface area contributed by atoms with Crippen molar-refractivity contribution < 1.29 is 13.2 Å². The number of amides is 1. The zero-order valence-electron chi connectivity index (χ0n) is 9.82. The zero-order valence-corrected chi connectivity index (χ0v) is 10.6. The zero-order chi connectivity index (χ0) is 12.2. The van der Waals surface area contributed by atoms with Crippen LogP contribution in [0.1, 0.15) is 26.7 Å². The van der Waals surface area contributed by atoms with Crippen LogP contribution >= 0.6 is 0 Å². The van der Waals surface area contributed by atoms with Crippen LogP contribution in [0, 0.1) is 0 Å². The van der Waals surface area contributed by atoms with E-state index in [-0.39, 0.29) is 36.0 Å². The van der Waals surface area contributed by atoms with Crippen molar-refractivity contribution >= 4 is 15.7 Å². The average Bonchev–Trinajstić information content (AvgIpc) is 2.15. The van der Waals surface area contributed by atoms with Gasteiger partial charge in [0.2, 0.25) is 5.91 Å². The number of nitrogens with one attached hydrogen (secondary N) is 2. The fourth-order valence-corrected chi connectivity index (χ4v) is 3.20. The molecule has 2 N–H and O–H groups in total. The SMILES string of the molecule is CC(C)NC(=O)CNC1CCS(=O)(=O)CC1. The van der Waals surface area contributed by atoms with Gasteiger partial charge in [-0.15, -0.1) is 0 Å². The highest BCUT2D eigenvalue weighted by molar-refractivity contribution is 7.91. The molecule has 0 aliphatic carbocycles. The van der Waals surface area contributed by atoms with Crippen LogP contribution in [0.3, 0.4) is 0 Å². The van der Waals surface area contributed by atoms with E-state index >= 15 is 0 Å². The Morgan fingerprint density at radius 1 is 1.31 bits per heavy atom. The molecule has 5 nitrogen and oxygen atoms in total. The van der Waals surface area contributed by atoms with Gasteiger partial charge in [0.25, 0.3) is 0 Å². The Bertz CT molecular complexity index is 324. The van der Waals surface area contributed by atoms with E-state index < -0.39 is 9.84 Å². The lowest BCUT2D eigenvalue weighted by Gasteiger charge is -2.23. The molecule has 0 aromatic rings. The molecule has 1 saturated heterocycles. The van der Waals surface area contributed by atoms with E-state index in [1.54, 1.807) is 0 Å². The minimum absolute atomic E-state index is 0.0385. The molecule has 1 aliphatic heterocycles. The maximum Gasteiger partial charge on any atom is 0.234 e. The molecule has 0 atom stereocenters. The van der Waals surface area contributed by atoms with Crippen LogP contribution in [0.4, 0.5) is 0 Å². The summed E-state index contributed by atoms with van der Waals surface area (Å²) in [6.07, 6.45) is 1.22. The second kappa shape index (κ2) is 5.63. The monoisotopic (exact) mass is 248 g/mol. The van der Waals surface area contributed by atoms with Crippen LogP contribution < -0.4 is 10.6 Å². The number of carbonyl (C=O) groups excluding carboxylic acids is 1. The number of carbonyl (C=O) groups is 1. The Balaban J connectivity index is 2.22. The van der Waals surface area contributed by atoms with Crippen molar-refractivity contribution in [1.82, 2.24) is 10.6 Å². The molecular weight excluding hydrogens is 228 g/mol. The molecule has 0 unspecified atom stereocenters. The summed E-state index contributed by atoms with van der Waals surface area (Å²) in [6.45, 7) is 4.08. The third-order valence-electron chi connectivity index (χ3n) is 2.56. The summed E-state index contributed by atoms with van der Waals surface area (Å²) >= 11 is 0. The summed E-state index contributed by atoms with van der Waals surface area (Å²) in [7, 11) is -2.81. The molecule has 1 aliphatic rings. The van der Waals surface area contributed by atoms with Gasteiger partial charge in [-0.05, 0) is 26.7 Å². The maximum absolute atomic E-state index is 11.3. The van der Waals surface area contributed by atoms with Crippen molar-refractivity contribution in [3.05, 3.63) is 0 Å². The largest absolute Gasteiger partial charge is 0.353 e. The smallest absolute Gasteiger partial charge is 0.234 e. The van der Waals surface area contributed by atoms with E-state index in [1.807, 2.05) is 13.8 Å². The molecule has 1 heterocycles. The van der Waals surface area contributed by atoms with Gasteiger partial charge in [0.1, 0.15) is 9.84 Å². The van der Waals surface area contributed by atoms with E-state index in [0.717, 1.165) is 0 Å². The van der Waals surface area contributed by atoms with Crippen LogP contribution in [0.2, 0.25) is 0 Å². The number of hydrogen-bond donors (Lipinski definition) is 2. The molecule has 16 heavy (non-hydrogen) atoms. The molecule has 0 aromatic heterocycles. The first-order chi connectivity index (χ1) is 7.39. The van der Waals surface area contributed by atoms with Crippen LogP contribution in [-0.4, -0.2) is 44.5 Å². The van der Waals surface area contributed by atoms with Gasteiger partial charge in [-0.25, -0.2) is 8.42 Å². The van der Waals surface area contributed by atoms with Crippen molar-refractivity contribution in [1.29, 1.82) is 0 Å². The summed E-state index contributed by atoms with van der Waals surface area (Å²) in [4.78, 5) is 11.3. The van der Waals surface area contributed by atoms with Crippen molar-refractivity contribution in [3.63, 3.8) is 0 Å².